The molecule has 5 rings (SSSR count). The number of hydrogen-bond acceptors (Lipinski definition) is 3. The molecule has 1 aliphatic carbocycles. The standard InChI is InChI=1S/C32H35FN2O3/c1-31(2,34-3)26-11-9-21(19-27(26)33)13-15-32(24-7-5-6-8-24)20-29(36)25(30(37)38-32)18-22-10-12-28-23(17-22)14-16-35(28)4/h9-12,14,16-17,19,24-25H,5-8,13,15,18,20H2,1-2,4H3. The van der Waals surface area contributed by atoms with E-state index in [-0.39, 0.29) is 18.1 Å². The Bertz CT molecular complexity index is 1410. The van der Waals surface area contributed by atoms with E-state index in [1.54, 1.807) is 19.9 Å². The number of aryl methyl sites for hydroxylation is 2. The maximum Gasteiger partial charge on any atom is 0.317 e. The summed E-state index contributed by atoms with van der Waals surface area (Å²) in [6.07, 6.45) is 7.53. The number of nitrogens with zero attached hydrogens (tertiary/aromatic N) is 2. The first-order chi connectivity index (χ1) is 18.1. The Labute approximate surface area is 223 Å². The molecule has 0 radical (unpaired) electrons. The maximum atomic E-state index is 14.9. The lowest BCUT2D eigenvalue weighted by Crippen LogP contribution is -2.52. The van der Waals surface area contributed by atoms with Crippen molar-refractivity contribution in [3.8, 4) is 0 Å². The van der Waals surface area contributed by atoms with E-state index in [9.17, 15) is 14.0 Å². The highest BCUT2D eigenvalue weighted by molar-refractivity contribution is 6.02. The summed E-state index contributed by atoms with van der Waals surface area (Å²) >= 11 is 0. The number of hydrogen-bond donors (Lipinski definition) is 0. The molecule has 1 saturated heterocycles. The van der Waals surface area contributed by atoms with E-state index in [1.807, 2.05) is 48.1 Å². The number of aromatic nitrogens is 1. The summed E-state index contributed by atoms with van der Waals surface area (Å²) in [5.74, 6) is -1.53. The Balaban J connectivity index is 1.34. The molecule has 0 bridgehead atoms. The number of benzene rings is 2. The highest BCUT2D eigenvalue weighted by atomic mass is 19.1. The average Bonchev–Trinajstić information content (AvgIpc) is 3.56. The van der Waals surface area contributed by atoms with Crippen molar-refractivity contribution in [1.29, 1.82) is 0 Å². The molecule has 1 saturated carbocycles. The number of ketones is 1. The van der Waals surface area contributed by atoms with Crippen molar-refractivity contribution in [2.24, 2.45) is 18.9 Å². The van der Waals surface area contributed by atoms with Crippen molar-refractivity contribution < 1.29 is 18.7 Å². The third kappa shape index (κ3) is 4.87. The van der Waals surface area contributed by atoms with Crippen molar-refractivity contribution in [3.05, 3.63) is 82.6 Å². The molecule has 5 nitrogen and oxygen atoms in total. The molecule has 2 heterocycles. The van der Waals surface area contributed by atoms with Crippen molar-refractivity contribution in [3.63, 3.8) is 0 Å². The second-order valence-electron chi connectivity index (χ2n) is 11.7. The van der Waals surface area contributed by atoms with Crippen LogP contribution in [-0.2, 0) is 39.8 Å². The van der Waals surface area contributed by atoms with Gasteiger partial charge in [0, 0.05) is 39.0 Å². The van der Waals surface area contributed by atoms with Gasteiger partial charge in [0.2, 0.25) is 0 Å². The summed E-state index contributed by atoms with van der Waals surface area (Å²) in [6.45, 7) is 10.8. The third-order valence-corrected chi connectivity index (χ3v) is 8.75. The van der Waals surface area contributed by atoms with E-state index >= 15 is 0 Å². The molecule has 3 aromatic rings. The number of Topliss-reactive ketones (excluding diaryl/α,β-unsaturated/α-hetero) is 1. The van der Waals surface area contributed by atoms with Gasteiger partial charge in [0.25, 0.3) is 5.54 Å². The Morgan fingerprint density at radius 2 is 1.84 bits per heavy atom. The zero-order valence-corrected chi connectivity index (χ0v) is 22.4. The van der Waals surface area contributed by atoms with Crippen LogP contribution in [0.1, 0.15) is 69.1 Å². The molecule has 2 atom stereocenters. The summed E-state index contributed by atoms with van der Waals surface area (Å²) in [5, 5.41) is 1.08. The number of carbonyl (C=O) groups is 2. The fourth-order valence-electron chi connectivity index (χ4n) is 6.40. The van der Waals surface area contributed by atoms with Crippen LogP contribution in [0.5, 0.6) is 0 Å². The number of rotatable bonds is 7. The first-order valence-corrected chi connectivity index (χ1v) is 13.6. The van der Waals surface area contributed by atoms with Crippen LogP contribution in [0, 0.1) is 24.2 Å². The lowest BCUT2D eigenvalue weighted by molar-refractivity contribution is -0.185. The second-order valence-corrected chi connectivity index (χ2v) is 11.7. The van der Waals surface area contributed by atoms with Crippen LogP contribution in [0.2, 0.25) is 0 Å². The molecule has 0 spiro atoms. The van der Waals surface area contributed by atoms with Gasteiger partial charge in [0.15, 0.2) is 5.78 Å². The highest BCUT2D eigenvalue weighted by Gasteiger charge is 2.51. The first-order valence-electron chi connectivity index (χ1n) is 13.6. The molecule has 2 aromatic carbocycles. The molecule has 1 aromatic heterocycles. The van der Waals surface area contributed by atoms with E-state index in [1.165, 1.54) is 6.07 Å². The summed E-state index contributed by atoms with van der Waals surface area (Å²) in [5.41, 5.74) is 1.44. The monoisotopic (exact) mass is 514 g/mol. The SMILES string of the molecule is [C-]#[N+]C(C)(C)c1ccc(CCC2(C3CCCC3)CC(=O)C(Cc3ccc4c(ccn4C)c3)C(=O)O2)cc1F. The fourth-order valence-corrected chi connectivity index (χ4v) is 6.40. The second kappa shape index (κ2) is 10.0. The molecule has 0 amide bonds. The zero-order valence-electron chi connectivity index (χ0n) is 22.4. The number of esters is 1. The van der Waals surface area contributed by atoms with Crippen LogP contribution in [0.15, 0.2) is 48.7 Å². The van der Waals surface area contributed by atoms with Gasteiger partial charge in [-0.2, -0.15) is 0 Å². The summed E-state index contributed by atoms with van der Waals surface area (Å²) in [4.78, 5) is 30.4. The van der Waals surface area contributed by atoms with Crippen molar-refractivity contribution in [1.82, 2.24) is 4.57 Å². The van der Waals surface area contributed by atoms with Gasteiger partial charge < -0.3 is 14.1 Å². The first kappa shape index (κ1) is 26.2. The minimum absolute atomic E-state index is 0.0540. The topological polar surface area (TPSA) is 52.7 Å². The molecule has 38 heavy (non-hydrogen) atoms. The number of carbonyl (C=O) groups excluding carboxylic acids is 2. The molecule has 198 valence electrons. The van der Waals surface area contributed by atoms with Gasteiger partial charge in [-0.25, -0.2) is 11.0 Å². The van der Waals surface area contributed by atoms with E-state index in [0.29, 0.717) is 24.8 Å². The van der Waals surface area contributed by atoms with Crippen molar-refractivity contribution >= 4 is 22.7 Å². The molecular weight excluding hydrogens is 479 g/mol. The predicted molar refractivity (Wildman–Crippen MR) is 145 cm³/mol. The van der Waals surface area contributed by atoms with E-state index in [4.69, 9.17) is 11.3 Å². The van der Waals surface area contributed by atoms with Crippen LogP contribution in [0.25, 0.3) is 15.7 Å². The van der Waals surface area contributed by atoms with Gasteiger partial charge in [0.05, 0.1) is 5.56 Å². The number of halogens is 1. The van der Waals surface area contributed by atoms with Crippen LogP contribution in [0.3, 0.4) is 0 Å². The number of fused-ring (bicyclic) bond motifs is 1. The van der Waals surface area contributed by atoms with Crippen molar-refractivity contribution in [2.75, 3.05) is 0 Å². The predicted octanol–water partition coefficient (Wildman–Crippen LogP) is 6.71. The number of cyclic esters (lactones) is 1. The fraction of sp³-hybridized carbons (Fsp3) is 0.469. The largest absolute Gasteiger partial charge is 0.458 e. The lowest BCUT2D eigenvalue weighted by Gasteiger charge is -2.43. The van der Waals surface area contributed by atoms with Gasteiger partial charge in [-0.3, -0.25) is 9.59 Å². The van der Waals surface area contributed by atoms with Crippen LogP contribution >= 0.6 is 0 Å². The maximum absolute atomic E-state index is 14.9. The van der Waals surface area contributed by atoms with Crippen LogP contribution in [0.4, 0.5) is 4.39 Å². The number of ether oxygens (including phenoxy) is 1. The van der Waals surface area contributed by atoms with Crippen LogP contribution in [-0.4, -0.2) is 21.9 Å². The van der Waals surface area contributed by atoms with E-state index in [2.05, 4.69) is 4.85 Å². The minimum Gasteiger partial charge on any atom is -0.458 e. The minimum atomic E-state index is -0.931. The van der Waals surface area contributed by atoms with Gasteiger partial charge >= 0.3 is 5.97 Å². The molecule has 2 aliphatic rings. The molecule has 0 N–H and O–H groups in total. The quantitative estimate of drug-likeness (QED) is 0.200. The summed E-state index contributed by atoms with van der Waals surface area (Å²) < 4.78 is 23.2. The molecule has 2 fully saturated rings. The van der Waals surface area contributed by atoms with Gasteiger partial charge in [-0.15, -0.1) is 0 Å². The van der Waals surface area contributed by atoms with Gasteiger partial charge in [0.1, 0.15) is 17.3 Å². The average molecular weight is 515 g/mol. The Morgan fingerprint density at radius 1 is 1.11 bits per heavy atom. The summed E-state index contributed by atoms with van der Waals surface area (Å²) in [7, 11) is 1.99. The lowest BCUT2D eigenvalue weighted by atomic mass is 9.73. The Morgan fingerprint density at radius 3 is 2.53 bits per heavy atom. The molecular formula is C32H35FN2O3. The smallest absolute Gasteiger partial charge is 0.317 e. The molecule has 1 aliphatic heterocycles. The van der Waals surface area contributed by atoms with E-state index in [0.717, 1.165) is 47.7 Å². The molecule has 6 heteroatoms. The highest BCUT2D eigenvalue weighted by Crippen LogP contribution is 2.45. The Kier molecular flexibility index (Phi) is 6.90. The third-order valence-electron chi connectivity index (χ3n) is 8.75. The molecule has 2 unspecified atom stereocenters. The Hall–Kier alpha value is -3.46. The summed E-state index contributed by atoms with van der Waals surface area (Å²) in [6, 6.07) is 13.1. The van der Waals surface area contributed by atoms with Gasteiger partial charge in [-0.1, -0.05) is 25.0 Å². The normalized spacial score (nSPS) is 22.6. The van der Waals surface area contributed by atoms with Crippen LogP contribution < -0.4 is 0 Å². The van der Waals surface area contributed by atoms with Crippen molar-refractivity contribution in [2.45, 2.75) is 76.4 Å². The van der Waals surface area contributed by atoms with Gasteiger partial charge in [-0.05, 0) is 84.9 Å². The zero-order chi connectivity index (χ0) is 27.1. The van der Waals surface area contributed by atoms with E-state index < -0.39 is 28.8 Å².